The second-order valence-corrected chi connectivity index (χ2v) is 21.4. The van der Waals surface area contributed by atoms with E-state index in [0.717, 1.165) is 34.1 Å². The second-order valence-electron chi connectivity index (χ2n) is 21.0. The van der Waals surface area contributed by atoms with Gasteiger partial charge in [-0.2, -0.15) is 0 Å². The Labute approximate surface area is 492 Å². The number of benzene rings is 4. The molecular formula is C63H66ClN9O11. The first kappa shape index (κ1) is 59.5. The van der Waals surface area contributed by atoms with Gasteiger partial charge in [-0.3, -0.25) is 38.8 Å². The van der Waals surface area contributed by atoms with E-state index in [0.29, 0.717) is 95.5 Å². The van der Waals surface area contributed by atoms with E-state index in [9.17, 15) is 28.8 Å². The second kappa shape index (κ2) is 26.8. The maximum absolute atomic E-state index is 14.1. The zero-order chi connectivity index (χ0) is 59.6. The molecule has 3 N–H and O–H groups in total. The van der Waals surface area contributed by atoms with E-state index < -0.39 is 17.9 Å². The molecule has 0 spiro atoms. The molecule has 20 nitrogen and oxygen atoms in total. The Morgan fingerprint density at radius 2 is 1.26 bits per heavy atom. The molecule has 5 aromatic rings. The van der Waals surface area contributed by atoms with Crippen LogP contribution in [0.4, 0.5) is 22.9 Å². The lowest BCUT2D eigenvalue weighted by atomic mass is 9.92. The van der Waals surface area contributed by atoms with Crippen molar-refractivity contribution in [3.63, 3.8) is 0 Å². The van der Waals surface area contributed by atoms with Crippen LogP contribution >= 0.6 is 11.6 Å². The summed E-state index contributed by atoms with van der Waals surface area (Å²) in [7, 11) is 4.66. The lowest BCUT2D eigenvalue weighted by molar-refractivity contribution is -0.130. The van der Waals surface area contributed by atoms with E-state index in [1.807, 2.05) is 62.6 Å². The minimum atomic E-state index is -0.777. The van der Waals surface area contributed by atoms with Crippen molar-refractivity contribution in [3.05, 3.63) is 137 Å². The first-order chi connectivity index (χ1) is 40.5. The summed E-state index contributed by atoms with van der Waals surface area (Å²) in [5, 5.41) is 8.50. The third kappa shape index (κ3) is 14.0. The number of amides is 5. The minimum Gasteiger partial charge on any atom is -0.497 e. The smallest absolute Gasteiger partial charge is 0.260 e. The number of Topliss-reactive ketones (excluding diaryl/α,β-unsaturated/α-hetero) is 1. The van der Waals surface area contributed by atoms with E-state index >= 15 is 0 Å². The molecule has 84 heavy (non-hydrogen) atoms. The van der Waals surface area contributed by atoms with Crippen molar-refractivity contribution in [2.24, 2.45) is 21.8 Å². The monoisotopic (exact) mass is 1160 g/mol. The van der Waals surface area contributed by atoms with Crippen LogP contribution in [-0.4, -0.2) is 120 Å². The highest BCUT2D eigenvalue weighted by molar-refractivity contribution is 6.29. The van der Waals surface area contributed by atoms with Gasteiger partial charge in [0.25, 0.3) is 11.8 Å². The normalized spacial score (nSPS) is 16.4. The summed E-state index contributed by atoms with van der Waals surface area (Å²) in [6, 6.07) is 21.8. The van der Waals surface area contributed by atoms with E-state index in [-0.39, 0.29) is 84.4 Å². The molecule has 21 heteroatoms. The van der Waals surface area contributed by atoms with Crippen molar-refractivity contribution in [3.8, 4) is 28.7 Å². The van der Waals surface area contributed by atoms with Gasteiger partial charge in [0.15, 0.2) is 28.8 Å². The van der Waals surface area contributed by atoms with Gasteiger partial charge >= 0.3 is 0 Å². The molecule has 0 saturated carbocycles. The molecule has 0 saturated heterocycles. The van der Waals surface area contributed by atoms with Gasteiger partial charge in [0.1, 0.15) is 22.5 Å². The third-order valence-corrected chi connectivity index (χ3v) is 14.9. The summed E-state index contributed by atoms with van der Waals surface area (Å²) < 4.78 is 29.0. The molecule has 4 aliphatic rings. The Hall–Kier alpha value is -9.17. The number of ketones is 1. The fourth-order valence-corrected chi connectivity index (χ4v) is 10.4. The molecule has 0 bridgehead atoms. The molecule has 436 valence electrons. The molecule has 4 aliphatic heterocycles. The van der Waals surface area contributed by atoms with Gasteiger partial charge in [-0.1, -0.05) is 63.2 Å². The van der Waals surface area contributed by atoms with Crippen molar-refractivity contribution in [1.29, 1.82) is 0 Å². The zero-order valence-corrected chi connectivity index (χ0v) is 48.4. The van der Waals surface area contributed by atoms with Crippen LogP contribution in [0.1, 0.15) is 103 Å². The highest BCUT2D eigenvalue weighted by atomic mass is 35.5. The summed E-state index contributed by atoms with van der Waals surface area (Å²) in [4.78, 5) is 101. The molecule has 1 aromatic heterocycles. The average Bonchev–Trinajstić information content (AvgIpc) is 3.99. The van der Waals surface area contributed by atoms with Gasteiger partial charge < -0.3 is 49.4 Å². The molecule has 0 unspecified atom stereocenters. The van der Waals surface area contributed by atoms with Gasteiger partial charge in [0.2, 0.25) is 17.7 Å². The number of halogens is 1. The van der Waals surface area contributed by atoms with E-state index in [1.54, 1.807) is 72.7 Å². The predicted octanol–water partition coefficient (Wildman–Crippen LogP) is 10.2. The lowest BCUT2D eigenvalue weighted by Crippen LogP contribution is -2.45. The van der Waals surface area contributed by atoms with Crippen LogP contribution in [-0.2, 0) is 25.6 Å². The number of rotatable bonds is 25. The zero-order valence-electron chi connectivity index (χ0n) is 47.6. The quantitative estimate of drug-likeness (QED) is 0.0280. The number of nitrogens with one attached hydrogen (secondary N) is 3. The summed E-state index contributed by atoms with van der Waals surface area (Å²) in [5.41, 5.74) is 6.01. The average molecular weight is 1160 g/mol. The summed E-state index contributed by atoms with van der Waals surface area (Å²) in [6.07, 6.45) is 11.5. The van der Waals surface area contributed by atoms with Crippen molar-refractivity contribution >= 4 is 93.4 Å². The number of ether oxygens (including phenoxy) is 5. The Kier molecular flexibility index (Phi) is 19.0. The summed E-state index contributed by atoms with van der Waals surface area (Å²) in [6.45, 7) is 9.28. The van der Waals surface area contributed by atoms with Crippen LogP contribution in [0.15, 0.2) is 114 Å². The Morgan fingerprint density at radius 3 is 1.79 bits per heavy atom. The highest BCUT2D eigenvalue weighted by Crippen LogP contribution is 2.42. The van der Waals surface area contributed by atoms with Crippen LogP contribution in [0.25, 0.3) is 11.1 Å². The molecular weight excluding hydrogens is 1090 g/mol. The van der Waals surface area contributed by atoms with Gasteiger partial charge in [0.05, 0.1) is 75.2 Å². The molecule has 5 amide bonds. The van der Waals surface area contributed by atoms with Crippen molar-refractivity contribution in [2.75, 3.05) is 45.2 Å². The number of aryl methyl sites for hydroxylation is 1. The van der Waals surface area contributed by atoms with Crippen molar-refractivity contribution < 1.29 is 52.5 Å². The fraction of sp³-hybridized carbons (Fsp3) is 0.333. The number of nitrogens with zero attached hydrogens (tertiary/aromatic N) is 6. The maximum Gasteiger partial charge on any atom is 0.260 e. The number of carbonyl (C=O) groups excluding carboxylic acids is 6. The minimum absolute atomic E-state index is 0.0773. The number of hydrogen-bond donors (Lipinski definition) is 3. The highest BCUT2D eigenvalue weighted by Gasteiger charge is 2.36. The number of methoxy groups -OCH3 is 3. The number of anilines is 2. The SMILES string of the molecule is C=CC(=O)Nc1cc(Cl)nc(CCCCC(=O)N[C@H](C(=O)C[C@@H](C)C(=O)Nc2ccc(C3=CN4C(=O)c5cc(OC)c(OCCCOc6cc7c(cc6OC)C(=O)N6C=C(c8ccc(OC)cc8)C[C@@H]6C=N7)cc5N=C[C@@H]4C3)cc2)C(C)C)n1. The van der Waals surface area contributed by atoms with Crippen LogP contribution < -0.4 is 39.6 Å². The molecule has 4 atom stereocenters. The summed E-state index contributed by atoms with van der Waals surface area (Å²) >= 11 is 6.10. The van der Waals surface area contributed by atoms with E-state index in [1.165, 1.54) is 20.3 Å². The number of unbranched alkanes of at least 4 members (excludes halogenated alkanes) is 1. The Balaban J connectivity index is 0.734. The molecule has 5 heterocycles. The third-order valence-electron chi connectivity index (χ3n) is 14.7. The number of carbonyl (C=O) groups is 6. The summed E-state index contributed by atoms with van der Waals surface area (Å²) in [5.74, 6) is 0.396. The van der Waals surface area contributed by atoms with Gasteiger partial charge in [-0.15, -0.1) is 0 Å². The number of fused-ring (bicyclic) bond motifs is 4. The topological polar surface area (TPSA) is 242 Å². The van der Waals surface area contributed by atoms with Crippen LogP contribution in [0.2, 0.25) is 5.15 Å². The molecule has 0 aliphatic carbocycles. The molecule has 4 aromatic carbocycles. The van der Waals surface area contributed by atoms with Crippen molar-refractivity contribution in [1.82, 2.24) is 25.1 Å². The van der Waals surface area contributed by atoms with Gasteiger partial charge in [-0.25, -0.2) is 9.97 Å². The lowest BCUT2D eigenvalue weighted by Gasteiger charge is -2.23. The first-order valence-electron chi connectivity index (χ1n) is 27.7. The molecule has 0 radical (unpaired) electrons. The largest absolute Gasteiger partial charge is 0.497 e. The van der Waals surface area contributed by atoms with Crippen LogP contribution in [0.5, 0.6) is 28.7 Å². The predicted molar refractivity (Wildman–Crippen MR) is 320 cm³/mol. The fourth-order valence-electron chi connectivity index (χ4n) is 10.2. The maximum atomic E-state index is 14.1. The van der Waals surface area contributed by atoms with Gasteiger partial charge in [0, 0.05) is 93.2 Å². The van der Waals surface area contributed by atoms with Crippen LogP contribution in [0.3, 0.4) is 0 Å². The number of aliphatic imine (C=N–C) groups is 2. The number of hydrogen-bond acceptors (Lipinski definition) is 15. The Bertz CT molecular complexity index is 3490. The van der Waals surface area contributed by atoms with E-state index in [2.05, 4.69) is 32.5 Å². The van der Waals surface area contributed by atoms with E-state index in [4.69, 9.17) is 45.3 Å². The molecule has 9 rings (SSSR count). The molecule has 0 fully saturated rings. The Morgan fingerprint density at radius 1 is 0.702 bits per heavy atom. The number of aromatic nitrogens is 2. The van der Waals surface area contributed by atoms with Crippen molar-refractivity contribution in [2.45, 2.75) is 90.3 Å². The van der Waals surface area contributed by atoms with Crippen LogP contribution in [0, 0.1) is 11.8 Å². The first-order valence-corrected chi connectivity index (χ1v) is 28.1. The standard InChI is InChI=1S/C63H66ClN9O11/c1-8-58(75)70-57-31-55(64)68-56(69-57)12-9-10-13-59(76)71-60(36(2)3)50(74)24-37(4)61(77)67-42-18-14-38(15-19-42)40-25-43-32-65-48-29-53(51(81-6)27-46(48)62(78)72(43)34-40)83-22-11-23-84-54-30-49-47(28-52(54)82-7)63(79)73-35-41(26-44(73)33-66-49)39-16-20-45(80-5)21-17-39/h8,14-21,27-37,43-44,60H,1,9-13,22-26H2,2-7H3,(H,67,77)(H,71,76)(H,68,69,70,75)/t37-,43+,44-,60+/m1/s1. The van der Waals surface area contributed by atoms with Gasteiger partial charge in [-0.05, 0) is 83.5 Å².